The molecule has 0 spiro atoms. The van der Waals surface area contributed by atoms with Crippen LogP contribution in [0, 0.1) is 0 Å². The second kappa shape index (κ2) is 3.47. The van der Waals surface area contributed by atoms with Gasteiger partial charge in [-0.25, -0.2) is 0 Å². The molecule has 3 N–H and O–H groups in total. The third-order valence-electron chi connectivity index (χ3n) is 0.769. The quantitative estimate of drug-likeness (QED) is 0.351. The molecule has 0 rings (SSSR count). The van der Waals surface area contributed by atoms with Crippen molar-refractivity contribution in [2.45, 2.75) is 6.04 Å². The van der Waals surface area contributed by atoms with Gasteiger partial charge in [-0.1, -0.05) is 0 Å². The van der Waals surface area contributed by atoms with E-state index in [1.54, 1.807) is 0 Å². The third kappa shape index (κ3) is 2.48. The van der Waals surface area contributed by atoms with Crippen molar-refractivity contribution in [2.24, 2.45) is 5.73 Å². The Hall–Kier alpha value is -0.550. The number of carboxylic acid groups (broad SMARTS) is 1. The fourth-order valence-corrected chi connectivity index (χ4v) is 0.433. The average Bonchev–Trinajstić information content (AvgIpc) is 1.84. The van der Waals surface area contributed by atoms with Crippen LogP contribution in [0.15, 0.2) is 0 Å². The van der Waals surface area contributed by atoms with Crippen molar-refractivity contribution < 1.29 is 14.7 Å². The summed E-state index contributed by atoms with van der Waals surface area (Å²) in [6.45, 7) is 0. The van der Waals surface area contributed by atoms with Gasteiger partial charge in [-0.3, -0.25) is 9.59 Å². The van der Waals surface area contributed by atoms with Crippen LogP contribution in [0.5, 0.6) is 0 Å². The minimum Gasteiger partial charge on any atom is -0.480 e. The molecule has 0 aliphatic carbocycles. The summed E-state index contributed by atoms with van der Waals surface area (Å²) in [5, 5.41) is 8.10. The SMILES string of the molecule is NC(C(=O)O)C(=O)CS. The van der Waals surface area contributed by atoms with E-state index in [4.69, 9.17) is 10.8 Å². The number of aliphatic carboxylic acids is 1. The summed E-state index contributed by atoms with van der Waals surface area (Å²) in [7, 11) is 0. The Morgan fingerprint density at radius 1 is 1.67 bits per heavy atom. The van der Waals surface area contributed by atoms with E-state index in [-0.39, 0.29) is 5.75 Å². The Morgan fingerprint density at radius 3 is 2.22 bits per heavy atom. The minimum atomic E-state index is -1.41. The highest BCUT2D eigenvalue weighted by Gasteiger charge is 2.18. The summed E-state index contributed by atoms with van der Waals surface area (Å²) in [6, 6.07) is -1.41. The maximum atomic E-state index is 10.4. The highest BCUT2D eigenvalue weighted by molar-refractivity contribution is 7.81. The summed E-state index contributed by atoms with van der Waals surface area (Å²) in [5.41, 5.74) is 4.87. The minimum absolute atomic E-state index is 0.131. The van der Waals surface area contributed by atoms with Crippen LogP contribution in [-0.4, -0.2) is 28.7 Å². The molecule has 9 heavy (non-hydrogen) atoms. The Kier molecular flexibility index (Phi) is 3.26. The number of hydrogen-bond donors (Lipinski definition) is 3. The second-order valence-electron chi connectivity index (χ2n) is 1.44. The summed E-state index contributed by atoms with van der Waals surface area (Å²) < 4.78 is 0. The molecule has 0 fully saturated rings. The van der Waals surface area contributed by atoms with Crippen LogP contribution in [0.4, 0.5) is 0 Å². The molecule has 0 radical (unpaired) electrons. The summed E-state index contributed by atoms with van der Waals surface area (Å²) in [6.07, 6.45) is 0. The molecule has 1 atom stereocenters. The largest absolute Gasteiger partial charge is 0.480 e. The molecule has 0 amide bonds. The molecule has 0 saturated heterocycles. The lowest BCUT2D eigenvalue weighted by Crippen LogP contribution is -2.39. The molecule has 52 valence electrons. The molecule has 0 aromatic heterocycles. The van der Waals surface area contributed by atoms with Gasteiger partial charge in [0.1, 0.15) is 0 Å². The number of carbonyl (C=O) groups excluding carboxylic acids is 1. The topological polar surface area (TPSA) is 80.4 Å². The number of nitrogens with two attached hydrogens (primary N) is 1. The van der Waals surface area contributed by atoms with Crippen molar-refractivity contribution in [2.75, 3.05) is 5.75 Å². The van der Waals surface area contributed by atoms with E-state index >= 15 is 0 Å². The number of ketones is 1. The van der Waals surface area contributed by atoms with E-state index in [9.17, 15) is 9.59 Å². The zero-order valence-electron chi connectivity index (χ0n) is 4.57. The predicted octanol–water partition coefficient (Wildman–Crippen LogP) is -1.10. The van der Waals surface area contributed by atoms with Gasteiger partial charge in [-0.2, -0.15) is 12.6 Å². The van der Waals surface area contributed by atoms with Gasteiger partial charge in [0.05, 0.1) is 5.75 Å². The van der Waals surface area contributed by atoms with Crippen molar-refractivity contribution in [1.29, 1.82) is 0 Å². The van der Waals surface area contributed by atoms with Crippen molar-refractivity contribution in [3.05, 3.63) is 0 Å². The fourth-order valence-electron chi connectivity index (χ4n) is 0.236. The smallest absolute Gasteiger partial charge is 0.328 e. The molecular weight excluding hydrogens is 142 g/mol. The molecule has 0 saturated carbocycles. The number of Topliss-reactive ketones (excluding diaryl/α,β-unsaturated/α-hetero) is 1. The molecule has 0 aliphatic rings. The molecule has 0 aromatic carbocycles. The summed E-state index contributed by atoms with van der Waals surface area (Å²) >= 11 is 3.56. The highest BCUT2D eigenvalue weighted by Crippen LogP contribution is 1.84. The van der Waals surface area contributed by atoms with Crippen LogP contribution in [0.1, 0.15) is 0 Å². The number of carbonyl (C=O) groups is 2. The van der Waals surface area contributed by atoms with E-state index in [0.717, 1.165) is 0 Å². The molecule has 0 aliphatic heterocycles. The predicted molar refractivity (Wildman–Crippen MR) is 34.5 cm³/mol. The maximum absolute atomic E-state index is 10.4. The summed E-state index contributed by atoms with van der Waals surface area (Å²) in [4.78, 5) is 20.3. The Bertz CT molecular complexity index is 136. The monoisotopic (exact) mass is 149 g/mol. The van der Waals surface area contributed by atoms with Crippen LogP contribution in [0.2, 0.25) is 0 Å². The van der Waals surface area contributed by atoms with Crippen LogP contribution in [-0.2, 0) is 9.59 Å². The number of carboxylic acids is 1. The van der Waals surface area contributed by atoms with Gasteiger partial charge < -0.3 is 10.8 Å². The van der Waals surface area contributed by atoms with Gasteiger partial charge in [-0.15, -0.1) is 0 Å². The van der Waals surface area contributed by atoms with Gasteiger partial charge in [-0.05, 0) is 0 Å². The highest BCUT2D eigenvalue weighted by atomic mass is 32.1. The van der Waals surface area contributed by atoms with Gasteiger partial charge >= 0.3 is 5.97 Å². The Labute approximate surface area is 57.4 Å². The van der Waals surface area contributed by atoms with Crippen molar-refractivity contribution in [3.63, 3.8) is 0 Å². The van der Waals surface area contributed by atoms with Crippen molar-refractivity contribution >= 4 is 24.4 Å². The molecule has 4 nitrogen and oxygen atoms in total. The van der Waals surface area contributed by atoms with E-state index in [1.165, 1.54) is 0 Å². The first-order chi connectivity index (χ1) is 4.09. The van der Waals surface area contributed by atoms with E-state index < -0.39 is 17.8 Å². The second-order valence-corrected chi connectivity index (χ2v) is 1.76. The first kappa shape index (κ1) is 8.45. The lowest BCUT2D eigenvalue weighted by Gasteiger charge is -1.99. The van der Waals surface area contributed by atoms with E-state index in [2.05, 4.69) is 12.6 Å². The Balaban J connectivity index is 3.88. The molecule has 1 unspecified atom stereocenters. The number of thiol groups is 1. The van der Waals surface area contributed by atoms with Crippen LogP contribution < -0.4 is 5.73 Å². The first-order valence-corrected chi connectivity index (χ1v) is 2.84. The standard InChI is InChI=1S/C4H7NO3S/c5-3(4(7)8)2(6)1-9/h3,9H,1,5H2,(H,7,8). The average molecular weight is 149 g/mol. The van der Waals surface area contributed by atoms with Crippen LogP contribution >= 0.6 is 12.6 Å². The number of rotatable bonds is 3. The Morgan fingerprint density at radius 2 is 2.11 bits per heavy atom. The lowest BCUT2D eigenvalue weighted by molar-refractivity contribution is -0.141. The van der Waals surface area contributed by atoms with Crippen molar-refractivity contribution in [1.82, 2.24) is 0 Å². The van der Waals surface area contributed by atoms with Gasteiger partial charge in [0.15, 0.2) is 11.8 Å². The van der Waals surface area contributed by atoms with Gasteiger partial charge in [0.25, 0.3) is 0 Å². The lowest BCUT2D eigenvalue weighted by atomic mass is 10.2. The fraction of sp³-hybridized carbons (Fsp3) is 0.500. The summed E-state index contributed by atoms with van der Waals surface area (Å²) in [5.74, 6) is -2.02. The normalized spacial score (nSPS) is 12.7. The van der Waals surface area contributed by atoms with E-state index in [0.29, 0.717) is 0 Å². The van der Waals surface area contributed by atoms with E-state index in [1.807, 2.05) is 0 Å². The van der Waals surface area contributed by atoms with Crippen LogP contribution in [0.25, 0.3) is 0 Å². The molecule has 0 aromatic rings. The van der Waals surface area contributed by atoms with Gasteiger partial charge in [0, 0.05) is 0 Å². The van der Waals surface area contributed by atoms with Crippen molar-refractivity contribution in [3.8, 4) is 0 Å². The molecule has 5 heteroatoms. The number of hydrogen-bond acceptors (Lipinski definition) is 4. The zero-order chi connectivity index (χ0) is 7.44. The van der Waals surface area contributed by atoms with Gasteiger partial charge in [0.2, 0.25) is 0 Å². The third-order valence-corrected chi connectivity index (χ3v) is 1.08. The maximum Gasteiger partial charge on any atom is 0.328 e. The molecule has 0 bridgehead atoms. The molecular formula is C4H7NO3S. The first-order valence-electron chi connectivity index (χ1n) is 2.21. The van der Waals surface area contributed by atoms with Crippen LogP contribution in [0.3, 0.4) is 0 Å². The molecule has 0 heterocycles. The zero-order valence-corrected chi connectivity index (χ0v) is 5.47.